The predicted molar refractivity (Wildman–Crippen MR) is 127 cm³/mol. The molecule has 0 aromatic heterocycles. The summed E-state index contributed by atoms with van der Waals surface area (Å²) in [5.74, 6) is 1.70. The van der Waals surface area contributed by atoms with Crippen molar-refractivity contribution >= 4 is 33.2 Å². The van der Waals surface area contributed by atoms with E-state index in [-0.39, 0.29) is 11.9 Å². The summed E-state index contributed by atoms with van der Waals surface area (Å²) in [6.45, 7) is 0. The van der Waals surface area contributed by atoms with Gasteiger partial charge in [0, 0.05) is 22.0 Å². The van der Waals surface area contributed by atoms with Crippen LogP contribution in [0.5, 0.6) is 17.2 Å². The van der Waals surface area contributed by atoms with E-state index >= 15 is 0 Å². The maximum Gasteiger partial charge on any atom is 0.306 e. The van der Waals surface area contributed by atoms with Crippen molar-refractivity contribution in [1.82, 2.24) is 5.01 Å². The molecule has 0 aliphatic carbocycles. The Morgan fingerprint density at radius 2 is 1.91 bits per heavy atom. The summed E-state index contributed by atoms with van der Waals surface area (Å²) in [5.41, 5.74) is 2.81. The summed E-state index contributed by atoms with van der Waals surface area (Å²) in [6, 6.07) is 19.1. The number of hydrogen-bond acceptors (Lipinski definition) is 6. The predicted octanol–water partition coefficient (Wildman–Crippen LogP) is 4.81. The van der Waals surface area contributed by atoms with E-state index < -0.39 is 5.72 Å². The zero-order valence-electron chi connectivity index (χ0n) is 18.0. The topological polar surface area (TPSA) is 72.4 Å². The maximum absolute atomic E-state index is 13.5. The molecule has 3 heterocycles. The molecule has 166 valence electrons. The number of halogens is 1. The standard InChI is InChI=1S/C25H20BrN3O4/c1-31-22-10-7-14(11-23(22)32-2)19-13-20-16-5-3-4-6-21(16)33-25(29(20)28-19)17-12-15(26)8-9-18(17)27-24(25)30/h3-12,20H,13H2,1-2H3,(H,27,30)/t20-,25-/m0/s1. The Morgan fingerprint density at radius 1 is 1.09 bits per heavy atom. The van der Waals surface area contributed by atoms with Gasteiger partial charge in [0.15, 0.2) is 11.5 Å². The Labute approximate surface area is 199 Å². The highest BCUT2D eigenvalue weighted by Crippen LogP contribution is 2.54. The second-order valence-electron chi connectivity index (χ2n) is 8.11. The van der Waals surface area contributed by atoms with Crippen LogP contribution in [0, 0.1) is 0 Å². The minimum Gasteiger partial charge on any atom is -0.493 e. The molecule has 3 aromatic rings. The third-order valence-corrected chi connectivity index (χ3v) is 6.88. The molecule has 0 fully saturated rings. The van der Waals surface area contributed by atoms with Crippen LogP contribution < -0.4 is 19.5 Å². The molecule has 1 N–H and O–H groups in total. The number of anilines is 1. The van der Waals surface area contributed by atoms with E-state index in [9.17, 15) is 4.79 Å². The van der Waals surface area contributed by atoms with Gasteiger partial charge >= 0.3 is 5.72 Å². The molecule has 0 bridgehead atoms. The first-order chi connectivity index (χ1) is 16.0. The normalized spacial score (nSPS) is 22.2. The van der Waals surface area contributed by atoms with E-state index in [0.29, 0.717) is 23.7 Å². The van der Waals surface area contributed by atoms with Crippen molar-refractivity contribution in [3.8, 4) is 17.2 Å². The van der Waals surface area contributed by atoms with Gasteiger partial charge in [0.2, 0.25) is 0 Å². The highest BCUT2D eigenvalue weighted by molar-refractivity contribution is 9.10. The summed E-state index contributed by atoms with van der Waals surface area (Å²) in [4.78, 5) is 13.5. The van der Waals surface area contributed by atoms with Crippen molar-refractivity contribution in [2.24, 2.45) is 5.10 Å². The van der Waals surface area contributed by atoms with Gasteiger partial charge in [-0.05, 0) is 42.5 Å². The first kappa shape index (κ1) is 20.1. The molecule has 0 saturated carbocycles. The Morgan fingerprint density at radius 3 is 2.73 bits per heavy atom. The number of rotatable bonds is 3. The van der Waals surface area contributed by atoms with E-state index in [4.69, 9.17) is 19.3 Å². The van der Waals surface area contributed by atoms with Gasteiger partial charge in [-0.2, -0.15) is 5.10 Å². The van der Waals surface area contributed by atoms with Crippen LogP contribution in [-0.2, 0) is 10.5 Å². The molecule has 0 saturated heterocycles. The molecular weight excluding hydrogens is 486 g/mol. The van der Waals surface area contributed by atoms with Gasteiger partial charge in [-0.3, -0.25) is 4.79 Å². The molecule has 1 spiro atoms. The summed E-state index contributed by atoms with van der Waals surface area (Å²) < 4.78 is 18.2. The molecule has 33 heavy (non-hydrogen) atoms. The number of methoxy groups -OCH3 is 2. The molecule has 0 radical (unpaired) electrons. The second kappa shape index (κ2) is 7.25. The summed E-state index contributed by atoms with van der Waals surface area (Å²) in [5, 5.41) is 9.78. The number of fused-ring (bicyclic) bond motifs is 6. The quantitative estimate of drug-likeness (QED) is 0.552. The van der Waals surface area contributed by atoms with Crippen molar-refractivity contribution < 1.29 is 19.0 Å². The molecule has 3 aliphatic rings. The smallest absolute Gasteiger partial charge is 0.306 e. The molecule has 8 heteroatoms. The fourth-order valence-corrected chi connectivity index (χ4v) is 5.21. The first-order valence-corrected chi connectivity index (χ1v) is 11.3. The number of ether oxygens (including phenoxy) is 3. The number of carbonyl (C=O) groups is 1. The van der Waals surface area contributed by atoms with Crippen LogP contribution >= 0.6 is 15.9 Å². The monoisotopic (exact) mass is 505 g/mol. The Hall–Kier alpha value is -3.52. The number of hydrazone groups is 1. The highest BCUT2D eigenvalue weighted by atomic mass is 79.9. The van der Waals surface area contributed by atoms with Crippen molar-refractivity contribution in [2.75, 3.05) is 19.5 Å². The van der Waals surface area contributed by atoms with Crippen molar-refractivity contribution in [1.29, 1.82) is 0 Å². The van der Waals surface area contributed by atoms with Crippen molar-refractivity contribution in [3.63, 3.8) is 0 Å². The highest BCUT2D eigenvalue weighted by Gasteiger charge is 2.60. The molecule has 3 aromatic carbocycles. The van der Waals surface area contributed by atoms with Crippen LogP contribution in [0.3, 0.4) is 0 Å². The second-order valence-corrected chi connectivity index (χ2v) is 9.02. The Kier molecular flexibility index (Phi) is 4.42. The van der Waals surface area contributed by atoms with Gasteiger partial charge in [0.05, 0.1) is 37.2 Å². The van der Waals surface area contributed by atoms with Gasteiger partial charge in [0.25, 0.3) is 5.91 Å². The van der Waals surface area contributed by atoms with Crippen LogP contribution in [0.25, 0.3) is 0 Å². The third-order valence-electron chi connectivity index (χ3n) is 6.39. The number of carbonyl (C=O) groups excluding carboxylic acids is 1. The molecule has 0 unspecified atom stereocenters. The minimum absolute atomic E-state index is 0.159. The van der Waals surface area contributed by atoms with Gasteiger partial charge in [-0.15, -0.1) is 0 Å². The molecule has 3 aliphatic heterocycles. The van der Waals surface area contributed by atoms with Gasteiger partial charge in [-0.1, -0.05) is 34.1 Å². The summed E-state index contributed by atoms with van der Waals surface area (Å²) in [7, 11) is 3.22. The summed E-state index contributed by atoms with van der Waals surface area (Å²) in [6.07, 6.45) is 0.619. The maximum atomic E-state index is 13.5. The van der Waals surface area contributed by atoms with Gasteiger partial charge in [-0.25, -0.2) is 5.01 Å². The molecular formula is C25H20BrN3O4. The van der Waals surface area contributed by atoms with Gasteiger partial charge < -0.3 is 19.5 Å². The number of benzene rings is 3. The van der Waals surface area contributed by atoms with Crippen molar-refractivity contribution in [2.45, 2.75) is 18.2 Å². The Balaban J connectivity index is 1.54. The number of amides is 1. The molecule has 7 nitrogen and oxygen atoms in total. The van der Waals surface area contributed by atoms with E-state index in [2.05, 4.69) is 21.2 Å². The van der Waals surface area contributed by atoms with Crippen molar-refractivity contribution in [3.05, 3.63) is 81.8 Å². The fourth-order valence-electron chi connectivity index (χ4n) is 4.85. The Bertz CT molecular complexity index is 1340. The van der Waals surface area contributed by atoms with E-state index in [0.717, 1.165) is 32.6 Å². The third kappa shape index (κ3) is 2.80. The number of nitrogens with one attached hydrogen (secondary N) is 1. The van der Waals surface area contributed by atoms with Crippen LogP contribution in [-0.4, -0.2) is 30.8 Å². The lowest BCUT2D eigenvalue weighted by atomic mass is 9.92. The zero-order valence-corrected chi connectivity index (χ0v) is 19.5. The first-order valence-electron chi connectivity index (χ1n) is 10.5. The minimum atomic E-state index is -1.39. The number of nitrogens with zero attached hydrogens (tertiary/aromatic N) is 2. The van der Waals surface area contributed by atoms with Gasteiger partial charge in [0.1, 0.15) is 5.75 Å². The molecule has 6 rings (SSSR count). The molecule has 2 atom stereocenters. The van der Waals surface area contributed by atoms with E-state index in [1.807, 2.05) is 65.7 Å². The van der Waals surface area contributed by atoms with Crippen LogP contribution in [0.15, 0.2) is 70.2 Å². The zero-order chi connectivity index (χ0) is 22.7. The number of para-hydroxylation sites is 1. The SMILES string of the molecule is COc1ccc(C2=NN3[C@@H](C2)c2ccccc2O[C@@]32C(=O)Nc3ccc(Br)cc32)cc1OC. The van der Waals surface area contributed by atoms with Crippen LogP contribution in [0.1, 0.15) is 29.2 Å². The lowest BCUT2D eigenvalue weighted by Crippen LogP contribution is -2.55. The largest absolute Gasteiger partial charge is 0.493 e. The number of hydrogen-bond donors (Lipinski definition) is 1. The van der Waals surface area contributed by atoms with Crippen LogP contribution in [0.4, 0.5) is 5.69 Å². The lowest BCUT2D eigenvalue weighted by molar-refractivity contribution is -0.161. The summed E-state index contributed by atoms with van der Waals surface area (Å²) >= 11 is 3.54. The molecule has 1 amide bonds. The lowest BCUT2D eigenvalue weighted by Gasteiger charge is -2.44. The fraction of sp³-hybridized carbons (Fsp3) is 0.200. The van der Waals surface area contributed by atoms with Crippen LogP contribution in [0.2, 0.25) is 0 Å². The van der Waals surface area contributed by atoms with E-state index in [1.165, 1.54) is 0 Å². The average molecular weight is 506 g/mol. The van der Waals surface area contributed by atoms with E-state index in [1.54, 1.807) is 14.2 Å². The average Bonchev–Trinajstić information content (AvgIpc) is 3.40.